The van der Waals surface area contributed by atoms with Gasteiger partial charge in [0.25, 0.3) is 5.69 Å². The van der Waals surface area contributed by atoms with E-state index in [2.05, 4.69) is 5.10 Å². The van der Waals surface area contributed by atoms with E-state index in [-0.39, 0.29) is 23.7 Å². The van der Waals surface area contributed by atoms with Crippen molar-refractivity contribution in [3.05, 3.63) is 80.8 Å². The molecule has 0 N–H and O–H groups in total. The zero-order valence-corrected chi connectivity index (χ0v) is 13.4. The lowest BCUT2D eigenvalue weighted by atomic mass is 10.2. The van der Waals surface area contributed by atoms with E-state index in [1.165, 1.54) is 18.2 Å². The van der Waals surface area contributed by atoms with Crippen molar-refractivity contribution in [2.24, 2.45) is 0 Å². The molecule has 1 heterocycles. The predicted molar refractivity (Wildman–Crippen MR) is 89.1 cm³/mol. The molecule has 0 aliphatic carbocycles. The number of aromatic nitrogens is 2. The smallest absolute Gasteiger partial charge is 0.437 e. The molecule has 2 aromatic carbocycles. The van der Waals surface area contributed by atoms with Crippen LogP contribution < -0.4 is 5.76 Å². The number of carbonyl (C=O) groups excluding carboxylic acids is 1. The minimum Gasteiger partial charge on any atom is -0.459 e. The van der Waals surface area contributed by atoms with Gasteiger partial charge >= 0.3 is 11.7 Å². The Bertz CT molecular complexity index is 993. The molecule has 0 aliphatic rings. The predicted octanol–water partition coefficient (Wildman–Crippen LogP) is 2.15. The van der Waals surface area contributed by atoms with Gasteiger partial charge in [-0.1, -0.05) is 30.3 Å². The molecule has 0 spiro atoms. The van der Waals surface area contributed by atoms with Crippen molar-refractivity contribution in [1.82, 2.24) is 9.78 Å². The van der Waals surface area contributed by atoms with E-state index < -0.39 is 23.2 Å². The maximum absolute atomic E-state index is 11.9. The highest BCUT2D eigenvalue weighted by Gasteiger charge is 2.17. The van der Waals surface area contributed by atoms with Gasteiger partial charge in [-0.3, -0.25) is 14.9 Å². The molecule has 3 rings (SSSR count). The van der Waals surface area contributed by atoms with Gasteiger partial charge in [-0.05, 0) is 18.2 Å². The van der Waals surface area contributed by atoms with Crippen LogP contribution in [0.1, 0.15) is 5.56 Å². The molecule has 0 saturated heterocycles. The lowest BCUT2D eigenvalue weighted by molar-refractivity contribution is -0.385. The number of nitrogens with zero attached hydrogens (tertiary/aromatic N) is 3. The summed E-state index contributed by atoms with van der Waals surface area (Å²) < 4.78 is 10.9. The average Bonchev–Trinajstić information content (AvgIpc) is 3.01. The van der Waals surface area contributed by atoms with Crippen LogP contribution in [-0.2, 0) is 22.7 Å². The number of ether oxygens (including phenoxy) is 1. The summed E-state index contributed by atoms with van der Waals surface area (Å²) >= 11 is 0. The molecule has 0 bridgehead atoms. The van der Waals surface area contributed by atoms with Gasteiger partial charge in [-0.2, -0.15) is 4.68 Å². The Morgan fingerprint density at radius 2 is 1.85 bits per heavy atom. The highest BCUT2D eigenvalue weighted by molar-refractivity contribution is 5.69. The fourth-order valence-electron chi connectivity index (χ4n) is 2.24. The number of esters is 1. The van der Waals surface area contributed by atoms with Gasteiger partial charge in [-0.15, -0.1) is 5.10 Å². The number of carbonyl (C=O) groups is 1. The van der Waals surface area contributed by atoms with Crippen molar-refractivity contribution in [2.75, 3.05) is 0 Å². The van der Waals surface area contributed by atoms with Crippen molar-refractivity contribution in [3.63, 3.8) is 0 Å². The van der Waals surface area contributed by atoms with E-state index in [1.807, 2.05) is 0 Å². The van der Waals surface area contributed by atoms with Gasteiger partial charge in [0, 0.05) is 11.6 Å². The van der Waals surface area contributed by atoms with Crippen LogP contribution in [0, 0.1) is 10.1 Å². The van der Waals surface area contributed by atoms with Crippen molar-refractivity contribution in [3.8, 4) is 11.5 Å². The monoisotopic (exact) mass is 355 g/mol. The van der Waals surface area contributed by atoms with E-state index in [0.29, 0.717) is 5.56 Å². The molecule has 0 atom stereocenters. The van der Waals surface area contributed by atoms with Gasteiger partial charge in [0.1, 0.15) is 13.2 Å². The quantitative estimate of drug-likeness (QED) is 0.378. The minimum absolute atomic E-state index is 0.0853. The van der Waals surface area contributed by atoms with E-state index in [4.69, 9.17) is 9.15 Å². The summed E-state index contributed by atoms with van der Waals surface area (Å²) in [5.41, 5.74) is 0.699. The summed E-state index contributed by atoms with van der Waals surface area (Å²) in [6.07, 6.45) is 0. The third-order valence-corrected chi connectivity index (χ3v) is 3.48. The van der Waals surface area contributed by atoms with Gasteiger partial charge in [0.15, 0.2) is 0 Å². The Balaban J connectivity index is 1.67. The SMILES string of the molecule is O=C(Cn1nc(-c2ccccc2)oc1=O)OCc1ccccc1[N+](=O)[O-]. The Hall–Kier alpha value is -3.75. The number of benzene rings is 2. The van der Waals surface area contributed by atoms with Gasteiger partial charge < -0.3 is 9.15 Å². The maximum atomic E-state index is 11.9. The summed E-state index contributed by atoms with van der Waals surface area (Å²) in [6.45, 7) is -0.746. The van der Waals surface area contributed by atoms with Crippen LogP contribution in [0.3, 0.4) is 0 Å². The van der Waals surface area contributed by atoms with Gasteiger partial charge in [0.2, 0.25) is 5.89 Å². The summed E-state index contributed by atoms with van der Waals surface area (Å²) in [6, 6.07) is 14.7. The first kappa shape index (κ1) is 17.1. The normalized spacial score (nSPS) is 10.5. The molecule has 0 aliphatic heterocycles. The standard InChI is InChI=1S/C17H13N3O6/c21-15(25-11-13-8-4-5-9-14(13)20(23)24)10-19-17(22)26-16(18-19)12-6-2-1-3-7-12/h1-9H,10-11H2. The average molecular weight is 355 g/mol. The Morgan fingerprint density at radius 3 is 2.58 bits per heavy atom. The molecular weight excluding hydrogens is 342 g/mol. The summed E-state index contributed by atoms with van der Waals surface area (Å²) in [7, 11) is 0. The first-order chi connectivity index (χ1) is 12.5. The fourth-order valence-corrected chi connectivity index (χ4v) is 2.24. The lowest BCUT2D eigenvalue weighted by Crippen LogP contribution is -2.23. The van der Waals surface area contributed by atoms with E-state index in [1.54, 1.807) is 36.4 Å². The number of hydrogen-bond acceptors (Lipinski definition) is 7. The largest absolute Gasteiger partial charge is 0.459 e. The molecule has 0 unspecified atom stereocenters. The van der Waals surface area contributed by atoms with Crippen molar-refractivity contribution < 1.29 is 18.9 Å². The Morgan fingerprint density at radius 1 is 1.15 bits per heavy atom. The third-order valence-electron chi connectivity index (χ3n) is 3.48. The first-order valence-corrected chi connectivity index (χ1v) is 7.56. The van der Waals surface area contributed by atoms with Crippen LogP contribution in [0.2, 0.25) is 0 Å². The highest BCUT2D eigenvalue weighted by atomic mass is 16.6. The number of nitro benzene ring substituents is 1. The Labute approximate surface area is 146 Å². The van der Waals surface area contributed by atoms with Gasteiger partial charge in [-0.25, -0.2) is 4.79 Å². The molecule has 132 valence electrons. The van der Waals surface area contributed by atoms with Crippen molar-refractivity contribution in [2.45, 2.75) is 13.2 Å². The molecule has 0 saturated carbocycles. The van der Waals surface area contributed by atoms with E-state index in [9.17, 15) is 19.7 Å². The second kappa shape index (κ2) is 7.43. The molecule has 9 nitrogen and oxygen atoms in total. The van der Waals surface area contributed by atoms with Crippen LogP contribution in [0.5, 0.6) is 0 Å². The zero-order valence-electron chi connectivity index (χ0n) is 13.4. The number of hydrogen-bond donors (Lipinski definition) is 0. The van der Waals surface area contributed by atoms with E-state index in [0.717, 1.165) is 4.68 Å². The molecular formula is C17H13N3O6. The van der Waals surface area contributed by atoms with Crippen molar-refractivity contribution in [1.29, 1.82) is 0 Å². The summed E-state index contributed by atoms with van der Waals surface area (Å²) in [4.78, 5) is 34.1. The van der Waals surface area contributed by atoms with Crippen LogP contribution in [0.25, 0.3) is 11.5 Å². The zero-order chi connectivity index (χ0) is 18.5. The van der Waals surface area contributed by atoms with Crippen LogP contribution in [0.15, 0.2) is 63.8 Å². The molecule has 1 aromatic heterocycles. The number of nitro groups is 1. The van der Waals surface area contributed by atoms with Crippen LogP contribution in [-0.4, -0.2) is 20.7 Å². The molecule has 26 heavy (non-hydrogen) atoms. The Kier molecular flexibility index (Phi) is 4.88. The summed E-state index contributed by atoms with van der Waals surface area (Å²) in [5.74, 6) is -1.48. The van der Waals surface area contributed by atoms with E-state index >= 15 is 0 Å². The van der Waals surface area contributed by atoms with Crippen molar-refractivity contribution >= 4 is 11.7 Å². The topological polar surface area (TPSA) is 117 Å². The third kappa shape index (κ3) is 3.83. The molecule has 0 amide bonds. The van der Waals surface area contributed by atoms with Gasteiger partial charge in [0.05, 0.1) is 10.5 Å². The number of para-hydroxylation sites is 1. The lowest BCUT2D eigenvalue weighted by Gasteiger charge is -2.05. The maximum Gasteiger partial charge on any atom is 0.437 e. The second-order valence-corrected chi connectivity index (χ2v) is 5.24. The molecule has 9 heteroatoms. The van der Waals surface area contributed by atoms with Crippen LogP contribution >= 0.6 is 0 Å². The van der Waals surface area contributed by atoms with Crippen LogP contribution in [0.4, 0.5) is 5.69 Å². The molecule has 3 aromatic rings. The summed E-state index contributed by atoms with van der Waals surface area (Å²) in [5, 5.41) is 14.9. The molecule has 0 fully saturated rings. The number of rotatable bonds is 6. The second-order valence-electron chi connectivity index (χ2n) is 5.24. The minimum atomic E-state index is -0.800. The molecule has 0 radical (unpaired) electrons. The fraction of sp³-hybridized carbons (Fsp3) is 0.118. The highest BCUT2D eigenvalue weighted by Crippen LogP contribution is 2.18. The first-order valence-electron chi connectivity index (χ1n) is 7.56.